The van der Waals surface area contributed by atoms with Gasteiger partial charge in [-0.2, -0.15) is 0 Å². The van der Waals surface area contributed by atoms with E-state index in [1.807, 2.05) is 0 Å². The molecular formula is C18H37N5. The van der Waals surface area contributed by atoms with Gasteiger partial charge in [0.05, 0.1) is 0 Å². The summed E-state index contributed by atoms with van der Waals surface area (Å²) in [4.78, 5) is 12.5. The Bertz CT molecular complexity index is 366. The lowest BCUT2D eigenvalue weighted by Crippen LogP contribution is -2.43. The SMILES string of the molecule is CCNC(=NCC1CCCN(C)C1)N1CCC(N(CC)CC)C1. The van der Waals surface area contributed by atoms with Gasteiger partial charge >= 0.3 is 0 Å². The summed E-state index contributed by atoms with van der Waals surface area (Å²) < 4.78 is 0. The summed E-state index contributed by atoms with van der Waals surface area (Å²) in [5.41, 5.74) is 0. The highest BCUT2D eigenvalue weighted by Gasteiger charge is 2.28. The fraction of sp³-hybridized carbons (Fsp3) is 0.944. The molecule has 2 unspecified atom stereocenters. The van der Waals surface area contributed by atoms with Gasteiger partial charge in [-0.1, -0.05) is 13.8 Å². The number of nitrogens with zero attached hydrogens (tertiary/aromatic N) is 4. The Kier molecular flexibility index (Phi) is 7.63. The number of aliphatic imine (C=N–C) groups is 1. The lowest BCUT2D eigenvalue weighted by Gasteiger charge is -2.30. The topological polar surface area (TPSA) is 34.1 Å². The van der Waals surface area contributed by atoms with Crippen molar-refractivity contribution in [1.82, 2.24) is 20.0 Å². The third kappa shape index (κ3) is 5.35. The molecule has 0 aromatic rings. The van der Waals surface area contributed by atoms with Gasteiger partial charge in [-0.15, -0.1) is 0 Å². The van der Waals surface area contributed by atoms with Crippen LogP contribution in [-0.4, -0.2) is 86.1 Å². The van der Waals surface area contributed by atoms with Crippen molar-refractivity contribution in [2.45, 2.75) is 46.1 Å². The molecule has 0 bridgehead atoms. The Labute approximate surface area is 143 Å². The third-order valence-electron chi connectivity index (χ3n) is 5.35. The Morgan fingerprint density at radius 1 is 1.13 bits per heavy atom. The summed E-state index contributed by atoms with van der Waals surface area (Å²) in [5.74, 6) is 1.86. The van der Waals surface area contributed by atoms with Crippen molar-refractivity contribution in [3.05, 3.63) is 0 Å². The first-order chi connectivity index (χ1) is 11.2. The summed E-state index contributed by atoms with van der Waals surface area (Å²) in [6.45, 7) is 15.6. The van der Waals surface area contributed by atoms with Crippen LogP contribution in [0.15, 0.2) is 4.99 Å². The highest BCUT2D eigenvalue weighted by atomic mass is 15.3. The molecule has 1 N–H and O–H groups in total. The number of guanidine groups is 1. The zero-order valence-corrected chi connectivity index (χ0v) is 15.7. The molecule has 0 aliphatic carbocycles. The molecule has 0 aromatic carbocycles. The van der Waals surface area contributed by atoms with Crippen LogP contribution in [0.4, 0.5) is 0 Å². The van der Waals surface area contributed by atoms with Crippen molar-refractivity contribution in [3.63, 3.8) is 0 Å². The van der Waals surface area contributed by atoms with Crippen LogP contribution >= 0.6 is 0 Å². The molecule has 2 rings (SSSR count). The minimum Gasteiger partial charge on any atom is -0.357 e. The molecule has 0 saturated carbocycles. The van der Waals surface area contributed by atoms with Crippen LogP contribution in [0.5, 0.6) is 0 Å². The molecule has 2 aliphatic rings. The molecule has 5 heteroatoms. The lowest BCUT2D eigenvalue weighted by molar-refractivity contribution is 0.213. The smallest absolute Gasteiger partial charge is 0.193 e. The van der Waals surface area contributed by atoms with Gasteiger partial charge in [0.25, 0.3) is 0 Å². The highest BCUT2D eigenvalue weighted by molar-refractivity contribution is 5.80. The quantitative estimate of drug-likeness (QED) is 0.596. The van der Waals surface area contributed by atoms with E-state index in [0.29, 0.717) is 6.04 Å². The Morgan fingerprint density at radius 2 is 1.91 bits per heavy atom. The first-order valence-corrected chi connectivity index (χ1v) is 9.63. The molecule has 0 amide bonds. The molecule has 2 heterocycles. The Morgan fingerprint density at radius 3 is 2.57 bits per heavy atom. The lowest BCUT2D eigenvalue weighted by atomic mass is 9.99. The van der Waals surface area contributed by atoms with E-state index >= 15 is 0 Å². The number of piperidine rings is 1. The van der Waals surface area contributed by atoms with Crippen LogP contribution in [-0.2, 0) is 0 Å². The summed E-state index contributed by atoms with van der Waals surface area (Å²) in [6.07, 6.45) is 3.91. The summed E-state index contributed by atoms with van der Waals surface area (Å²) in [5, 5.41) is 3.51. The molecule has 0 aromatic heterocycles. The van der Waals surface area contributed by atoms with Crippen LogP contribution < -0.4 is 5.32 Å². The predicted molar refractivity (Wildman–Crippen MR) is 99.1 cm³/mol. The van der Waals surface area contributed by atoms with E-state index in [1.54, 1.807) is 0 Å². The highest BCUT2D eigenvalue weighted by Crippen LogP contribution is 2.17. The Hall–Kier alpha value is -0.810. The van der Waals surface area contributed by atoms with Gasteiger partial charge in [0.1, 0.15) is 0 Å². The molecule has 0 radical (unpaired) electrons. The van der Waals surface area contributed by atoms with Crippen molar-refractivity contribution in [3.8, 4) is 0 Å². The summed E-state index contributed by atoms with van der Waals surface area (Å²) in [6, 6.07) is 0.690. The number of hydrogen-bond donors (Lipinski definition) is 1. The maximum absolute atomic E-state index is 4.99. The minimum atomic E-state index is 0.690. The van der Waals surface area contributed by atoms with Crippen molar-refractivity contribution in [2.24, 2.45) is 10.9 Å². The molecule has 23 heavy (non-hydrogen) atoms. The van der Waals surface area contributed by atoms with Gasteiger partial charge in [-0.25, -0.2) is 0 Å². The standard InChI is InChI=1S/C18H37N5/c1-5-19-18(20-13-16-9-8-11-21(4)14-16)23-12-10-17(15-23)22(6-2)7-3/h16-17H,5-15H2,1-4H3,(H,19,20). The first kappa shape index (κ1) is 18.5. The van der Waals surface area contributed by atoms with Crippen LogP contribution in [0, 0.1) is 5.92 Å². The number of hydrogen-bond acceptors (Lipinski definition) is 3. The average Bonchev–Trinajstić information content (AvgIpc) is 3.02. The summed E-state index contributed by atoms with van der Waals surface area (Å²) in [7, 11) is 2.23. The van der Waals surface area contributed by atoms with Gasteiger partial charge in [0.15, 0.2) is 5.96 Å². The van der Waals surface area contributed by atoms with Gasteiger partial charge in [0, 0.05) is 38.8 Å². The van der Waals surface area contributed by atoms with E-state index in [0.717, 1.165) is 51.1 Å². The number of likely N-dealkylation sites (tertiary alicyclic amines) is 2. The van der Waals surface area contributed by atoms with Crippen molar-refractivity contribution in [2.75, 3.05) is 59.4 Å². The van der Waals surface area contributed by atoms with Crippen LogP contribution in [0.2, 0.25) is 0 Å². The second kappa shape index (κ2) is 9.48. The number of nitrogens with one attached hydrogen (secondary N) is 1. The van der Waals surface area contributed by atoms with Crippen LogP contribution in [0.1, 0.15) is 40.0 Å². The molecule has 2 saturated heterocycles. The first-order valence-electron chi connectivity index (χ1n) is 9.63. The van der Waals surface area contributed by atoms with Gasteiger partial charge in [-0.05, 0) is 58.8 Å². The Balaban J connectivity index is 1.91. The minimum absolute atomic E-state index is 0.690. The van der Waals surface area contributed by atoms with Crippen molar-refractivity contribution >= 4 is 5.96 Å². The van der Waals surface area contributed by atoms with Crippen LogP contribution in [0.3, 0.4) is 0 Å². The van der Waals surface area contributed by atoms with Gasteiger partial charge < -0.3 is 15.1 Å². The predicted octanol–water partition coefficient (Wildman–Crippen LogP) is 1.71. The van der Waals surface area contributed by atoms with E-state index < -0.39 is 0 Å². The van der Waals surface area contributed by atoms with E-state index in [2.05, 4.69) is 47.8 Å². The molecule has 0 spiro atoms. The van der Waals surface area contributed by atoms with E-state index in [9.17, 15) is 0 Å². The normalized spacial score (nSPS) is 27.0. The zero-order valence-electron chi connectivity index (χ0n) is 15.7. The number of likely N-dealkylation sites (N-methyl/N-ethyl adjacent to an activating group) is 1. The molecule has 5 nitrogen and oxygen atoms in total. The maximum Gasteiger partial charge on any atom is 0.193 e. The van der Waals surface area contributed by atoms with Crippen molar-refractivity contribution < 1.29 is 0 Å². The maximum atomic E-state index is 4.99. The van der Waals surface area contributed by atoms with Gasteiger partial charge in [0.2, 0.25) is 0 Å². The second-order valence-corrected chi connectivity index (χ2v) is 7.07. The second-order valence-electron chi connectivity index (χ2n) is 7.07. The summed E-state index contributed by atoms with van der Waals surface area (Å²) >= 11 is 0. The monoisotopic (exact) mass is 323 g/mol. The van der Waals surface area contributed by atoms with Gasteiger partial charge in [-0.3, -0.25) is 9.89 Å². The van der Waals surface area contributed by atoms with E-state index in [4.69, 9.17) is 4.99 Å². The average molecular weight is 324 g/mol. The van der Waals surface area contributed by atoms with E-state index in [-0.39, 0.29) is 0 Å². The van der Waals surface area contributed by atoms with E-state index in [1.165, 1.54) is 32.4 Å². The largest absolute Gasteiger partial charge is 0.357 e. The fourth-order valence-electron chi connectivity index (χ4n) is 4.04. The molecular weight excluding hydrogens is 286 g/mol. The third-order valence-corrected chi connectivity index (χ3v) is 5.35. The van der Waals surface area contributed by atoms with Crippen molar-refractivity contribution in [1.29, 1.82) is 0 Å². The molecule has 2 fully saturated rings. The molecule has 2 aliphatic heterocycles. The number of rotatable bonds is 6. The fourth-order valence-corrected chi connectivity index (χ4v) is 4.04. The van der Waals surface area contributed by atoms with Crippen LogP contribution in [0.25, 0.3) is 0 Å². The molecule has 134 valence electrons. The zero-order chi connectivity index (χ0) is 16.7. The molecule has 2 atom stereocenters.